The zero-order valence-electron chi connectivity index (χ0n) is 34.8. The van der Waals surface area contributed by atoms with Gasteiger partial charge in [0.2, 0.25) is 5.91 Å². The Morgan fingerprint density at radius 2 is 1.22 bits per heavy atom. The van der Waals surface area contributed by atoms with Gasteiger partial charge in [0, 0.05) is 29.2 Å². The van der Waals surface area contributed by atoms with Gasteiger partial charge in [-0.1, -0.05) is 23.7 Å². The second-order valence-corrected chi connectivity index (χ2v) is 14.5. The van der Waals surface area contributed by atoms with Crippen LogP contribution < -0.4 is 15.4 Å². The monoisotopic (exact) mass is 846 g/mol. The molecule has 1 aliphatic heterocycles. The van der Waals surface area contributed by atoms with E-state index in [1.54, 1.807) is 7.11 Å². The molecule has 2 amide bonds. The van der Waals surface area contributed by atoms with Crippen LogP contribution in [0.3, 0.4) is 0 Å². The predicted octanol–water partition coefficient (Wildman–Crippen LogP) is 4.28. The van der Waals surface area contributed by atoms with E-state index in [-0.39, 0.29) is 12.3 Å². The first-order valence-corrected chi connectivity index (χ1v) is 20.2. The number of hydrogen-bond donors (Lipinski definition) is 2. The zero-order chi connectivity index (χ0) is 42.3. The van der Waals surface area contributed by atoms with Crippen molar-refractivity contribution in [1.82, 2.24) is 25.4 Å². The van der Waals surface area contributed by atoms with Crippen molar-refractivity contribution < 1.29 is 52.2 Å². The summed E-state index contributed by atoms with van der Waals surface area (Å²) in [4.78, 5) is 29.8. The molecule has 1 aromatic heterocycles. The van der Waals surface area contributed by atoms with E-state index in [1.807, 2.05) is 74.7 Å². The van der Waals surface area contributed by atoms with Gasteiger partial charge in [0.05, 0.1) is 117 Å². The first kappa shape index (κ1) is 47.5. The number of amides is 2. The average Bonchev–Trinajstić information content (AvgIpc) is 3.53. The van der Waals surface area contributed by atoms with Gasteiger partial charge in [-0.05, 0) is 58.0 Å². The van der Waals surface area contributed by atoms with Gasteiger partial charge < -0.3 is 53.3 Å². The Morgan fingerprint density at radius 1 is 0.712 bits per heavy atom. The Morgan fingerprint density at radius 3 is 1.73 bits per heavy atom. The number of aryl methyl sites for hydroxylation is 1. The SMILES string of the molecule is COc1ccc2c(c1)C(c1ccc(Cl)cc1)=N[C@@H](CC(=O)NCCOCCOCCOCCOCCOCCOCCOCCNC(=O)OC(C)(C)C)c1nnc(C)n1-2. The van der Waals surface area contributed by atoms with E-state index < -0.39 is 17.7 Å². The summed E-state index contributed by atoms with van der Waals surface area (Å²) in [6.45, 7) is 14.0. The Balaban J connectivity index is 0.982. The highest BCUT2D eigenvalue weighted by atomic mass is 35.5. The summed E-state index contributed by atoms with van der Waals surface area (Å²) >= 11 is 6.20. The lowest BCUT2D eigenvalue weighted by Gasteiger charge is -2.19. The molecule has 0 bridgehead atoms. The van der Waals surface area contributed by atoms with Crippen LogP contribution in [0.15, 0.2) is 47.5 Å². The summed E-state index contributed by atoms with van der Waals surface area (Å²) in [5.74, 6) is 1.75. The van der Waals surface area contributed by atoms with Crippen molar-refractivity contribution in [3.05, 3.63) is 70.3 Å². The highest BCUT2D eigenvalue weighted by molar-refractivity contribution is 6.30. The third-order valence-corrected chi connectivity index (χ3v) is 8.60. The number of rotatable bonds is 28. The van der Waals surface area contributed by atoms with Crippen molar-refractivity contribution in [3.8, 4) is 11.4 Å². The molecule has 0 spiro atoms. The van der Waals surface area contributed by atoms with Crippen molar-refractivity contribution in [1.29, 1.82) is 0 Å². The van der Waals surface area contributed by atoms with Crippen molar-refractivity contribution >= 4 is 29.3 Å². The lowest BCUT2D eigenvalue weighted by Crippen LogP contribution is -2.34. The van der Waals surface area contributed by atoms with Crippen LogP contribution >= 0.6 is 11.6 Å². The van der Waals surface area contributed by atoms with Crippen LogP contribution in [0, 0.1) is 6.92 Å². The third kappa shape index (κ3) is 17.5. The van der Waals surface area contributed by atoms with Crippen LogP contribution in [0.25, 0.3) is 5.69 Å². The first-order chi connectivity index (χ1) is 28.6. The van der Waals surface area contributed by atoms with Crippen LogP contribution in [-0.4, -0.2) is 151 Å². The molecule has 59 heavy (non-hydrogen) atoms. The second kappa shape index (κ2) is 26.1. The molecule has 18 heteroatoms. The maximum absolute atomic E-state index is 13.2. The summed E-state index contributed by atoms with van der Waals surface area (Å²) in [7, 11) is 1.62. The summed E-state index contributed by atoms with van der Waals surface area (Å²) in [6.07, 6.45) is -0.396. The minimum Gasteiger partial charge on any atom is -0.497 e. The van der Waals surface area contributed by atoms with Crippen LogP contribution in [0.5, 0.6) is 5.75 Å². The minimum absolute atomic E-state index is 0.0658. The van der Waals surface area contributed by atoms with Gasteiger partial charge in [-0.2, -0.15) is 0 Å². The number of aliphatic imine (C=N–C) groups is 1. The highest BCUT2D eigenvalue weighted by Crippen LogP contribution is 2.34. The summed E-state index contributed by atoms with van der Waals surface area (Å²) < 4.78 is 51.2. The van der Waals surface area contributed by atoms with E-state index in [4.69, 9.17) is 59.2 Å². The predicted molar refractivity (Wildman–Crippen MR) is 220 cm³/mol. The van der Waals surface area contributed by atoms with Gasteiger partial charge in [0.25, 0.3) is 0 Å². The lowest BCUT2D eigenvalue weighted by atomic mass is 10.00. The molecule has 0 saturated carbocycles. The summed E-state index contributed by atoms with van der Waals surface area (Å²) in [6, 6.07) is 12.6. The number of carbonyl (C=O) groups excluding carboxylic acids is 2. The maximum atomic E-state index is 13.2. The van der Waals surface area contributed by atoms with Crippen LogP contribution in [-0.2, 0) is 42.7 Å². The van der Waals surface area contributed by atoms with Crippen LogP contribution in [0.4, 0.5) is 4.79 Å². The normalized spacial score (nSPS) is 13.6. The number of methoxy groups -OCH3 is 1. The molecule has 4 rings (SSSR count). The van der Waals surface area contributed by atoms with E-state index in [2.05, 4.69) is 20.8 Å². The topological polar surface area (TPSA) is 184 Å². The standard InChI is InChI=1S/C41H59ClN6O11/c1-30-46-47-39-35(45-38(31-6-8-32(42)9-7-31)34-28-33(51-5)10-11-36(34)48(30)39)29-37(49)43-12-14-52-16-18-54-20-22-56-24-26-58-27-25-57-23-21-55-19-17-53-15-13-44-40(50)59-41(2,3)4/h6-11,28,35H,12-27,29H2,1-5H3,(H,43,49)(H,44,50)/t35-/m0/s1. The van der Waals surface area contributed by atoms with Crippen molar-refractivity contribution in [2.24, 2.45) is 4.99 Å². The highest BCUT2D eigenvalue weighted by Gasteiger charge is 2.30. The average molecular weight is 847 g/mol. The number of aromatic nitrogens is 3. The molecule has 0 fully saturated rings. The summed E-state index contributed by atoms with van der Waals surface area (Å²) in [5, 5.41) is 14.9. The Labute approximate surface area is 351 Å². The van der Waals surface area contributed by atoms with Crippen molar-refractivity contribution in [3.63, 3.8) is 0 Å². The molecular weight excluding hydrogens is 788 g/mol. The Kier molecular flexibility index (Phi) is 21.0. The third-order valence-electron chi connectivity index (χ3n) is 8.34. The van der Waals surface area contributed by atoms with E-state index in [0.29, 0.717) is 134 Å². The number of alkyl carbamates (subject to hydrolysis) is 1. The smallest absolute Gasteiger partial charge is 0.407 e. The molecule has 1 atom stereocenters. The fourth-order valence-electron chi connectivity index (χ4n) is 5.65. The number of fused-ring (bicyclic) bond motifs is 3. The largest absolute Gasteiger partial charge is 0.497 e. The molecule has 2 N–H and O–H groups in total. The number of halogens is 1. The number of benzene rings is 2. The van der Waals surface area contributed by atoms with Gasteiger partial charge >= 0.3 is 6.09 Å². The fourth-order valence-corrected chi connectivity index (χ4v) is 5.77. The molecule has 2 heterocycles. The van der Waals surface area contributed by atoms with Gasteiger partial charge in [-0.25, -0.2) is 4.79 Å². The molecule has 0 radical (unpaired) electrons. The molecule has 1 aliphatic rings. The second-order valence-electron chi connectivity index (χ2n) is 14.1. The van der Waals surface area contributed by atoms with Gasteiger partial charge in [-0.15, -0.1) is 10.2 Å². The van der Waals surface area contributed by atoms with Crippen LogP contribution in [0.1, 0.15) is 56.0 Å². The van der Waals surface area contributed by atoms with E-state index in [1.165, 1.54) is 0 Å². The van der Waals surface area contributed by atoms with E-state index >= 15 is 0 Å². The first-order valence-electron chi connectivity index (χ1n) is 19.8. The molecule has 0 aliphatic carbocycles. The number of carbonyl (C=O) groups is 2. The maximum Gasteiger partial charge on any atom is 0.407 e. The molecule has 0 unspecified atom stereocenters. The molecule has 3 aromatic rings. The van der Waals surface area contributed by atoms with E-state index in [9.17, 15) is 9.59 Å². The van der Waals surface area contributed by atoms with Gasteiger partial charge in [0.15, 0.2) is 5.82 Å². The number of nitrogens with one attached hydrogen (secondary N) is 2. The lowest BCUT2D eigenvalue weighted by molar-refractivity contribution is -0.121. The van der Waals surface area contributed by atoms with Crippen molar-refractivity contribution in [2.75, 3.05) is 113 Å². The fraction of sp³-hybridized carbons (Fsp3) is 0.585. The minimum atomic E-state index is -0.596. The number of hydrogen-bond acceptors (Lipinski definition) is 14. The van der Waals surface area contributed by atoms with Crippen molar-refractivity contribution in [2.45, 2.75) is 45.8 Å². The Bertz CT molecular complexity index is 1740. The van der Waals surface area contributed by atoms with E-state index in [0.717, 1.165) is 16.8 Å². The zero-order valence-corrected chi connectivity index (χ0v) is 35.6. The van der Waals surface area contributed by atoms with Gasteiger partial charge in [0.1, 0.15) is 23.2 Å². The molecule has 17 nitrogen and oxygen atoms in total. The Hall–Kier alpha value is -4.20. The molecular formula is C41H59ClN6O11. The summed E-state index contributed by atoms with van der Waals surface area (Å²) in [5.41, 5.74) is 2.70. The van der Waals surface area contributed by atoms with Gasteiger partial charge in [-0.3, -0.25) is 14.4 Å². The molecule has 326 valence electrons. The number of ether oxygens (including phenoxy) is 9. The molecule has 0 saturated heterocycles. The molecule has 2 aromatic carbocycles. The van der Waals surface area contributed by atoms with Crippen LogP contribution in [0.2, 0.25) is 5.02 Å². The number of nitrogens with zero attached hydrogens (tertiary/aromatic N) is 4. The quantitative estimate of drug-likeness (QED) is 0.0989.